The molecule has 3 aromatic carbocycles. The second-order valence-electron chi connectivity index (χ2n) is 7.29. The average molecular weight is 494 g/mol. The van der Waals surface area contributed by atoms with Gasteiger partial charge >= 0.3 is 5.97 Å². The number of hydrogen-bond donors (Lipinski definition) is 1. The lowest BCUT2D eigenvalue weighted by atomic mass is 10.1. The molecule has 34 heavy (non-hydrogen) atoms. The maximum absolute atomic E-state index is 13.2. The number of amides is 1. The number of ether oxygens (including phenoxy) is 1. The van der Waals surface area contributed by atoms with E-state index < -0.39 is 5.97 Å². The van der Waals surface area contributed by atoms with E-state index in [-0.39, 0.29) is 17.2 Å². The topological polar surface area (TPSA) is 90.3 Å². The quantitative estimate of drug-likeness (QED) is 0.235. The number of para-hydroxylation sites is 1. The lowest BCUT2D eigenvalue weighted by Crippen LogP contribution is -2.26. The fraction of sp³-hybridized carbons (Fsp3) is 0.120. The molecule has 0 spiro atoms. The van der Waals surface area contributed by atoms with Crippen LogP contribution in [0.25, 0.3) is 16.6 Å². The number of fused-ring (bicyclic) bond motifs is 1. The number of hydrogen-bond acceptors (Lipinski definition) is 6. The van der Waals surface area contributed by atoms with E-state index in [1.807, 2.05) is 6.07 Å². The molecule has 0 saturated heterocycles. The molecule has 0 saturated carbocycles. The maximum atomic E-state index is 13.2. The monoisotopic (exact) mass is 493 g/mol. The van der Waals surface area contributed by atoms with Gasteiger partial charge < -0.3 is 10.1 Å². The van der Waals surface area contributed by atoms with Crippen molar-refractivity contribution in [3.05, 3.63) is 99.3 Å². The lowest BCUT2D eigenvalue weighted by molar-refractivity contribution is -0.118. The molecule has 0 radical (unpaired) electrons. The van der Waals surface area contributed by atoms with Crippen LogP contribution in [0.1, 0.15) is 15.9 Å². The molecule has 4 rings (SSSR count). The molecule has 1 amide bonds. The van der Waals surface area contributed by atoms with Crippen LogP contribution in [0.5, 0.6) is 0 Å². The van der Waals surface area contributed by atoms with Crippen molar-refractivity contribution in [3.8, 4) is 5.69 Å². The highest BCUT2D eigenvalue weighted by Gasteiger charge is 2.15. The number of carbonyl (C=O) groups excluding carboxylic acids is 2. The first-order valence-electron chi connectivity index (χ1n) is 10.3. The van der Waals surface area contributed by atoms with Crippen LogP contribution in [0.4, 0.5) is 0 Å². The largest absolute Gasteiger partial charge is 0.465 e. The van der Waals surface area contributed by atoms with Gasteiger partial charge in [0, 0.05) is 11.6 Å². The minimum atomic E-state index is -0.416. The fourth-order valence-corrected chi connectivity index (χ4v) is 4.34. The van der Waals surface area contributed by atoms with Gasteiger partial charge in [0.1, 0.15) is 0 Å². The molecule has 0 aliphatic carbocycles. The zero-order valence-electron chi connectivity index (χ0n) is 18.2. The van der Waals surface area contributed by atoms with Crippen molar-refractivity contribution in [1.29, 1.82) is 0 Å². The van der Waals surface area contributed by atoms with Crippen LogP contribution in [0.2, 0.25) is 5.02 Å². The van der Waals surface area contributed by atoms with E-state index in [4.69, 9.17) is 11.6 Å². The maximum Gasteiger partial charge on any atom is 0.337 e. The Labute approximate surface area is 204 Å². The van der Waals surface area contributed by atoms with E-state index in [0.717, 1.165) is 17.3 Å². The van der Waals surface area contributed by atoms with Gasteiger partial charge in [0.25, 0.3) is 5.56 Å². The van der Waals surface area contributed by atoms with Crippen molar-refractivity contribution < 1.29 is 14.3 Å². The molecular weight excluding hydrogens is 474 g/mol. The number of aromatic nitrogens is 2. The third-order valence-corrected chi connectivity index (χ3v) is 6.18. The van der Waals surface area contributed by atoms with Crippen LogP contribution >= 0.6 is 23.4 Å². The standard InChI is InChI=1S/C25H20ClN3O4S/c1-33-24(32)17-11-9-16(10-12-17)14-27-22(30)15-34-25-28-21-8-3-2-7-20(21)23(31)29(25)19-6-4-5-18(26)13-19/h2-13H,14-15H2,1H3,(H,27,30). The smallest absolute Gasteiger partial charge is 0.337 e. The van der Waals surface area contributed by atoms with Gasteiger partial charge in [-0.05, 0) is 48.0 Å². The lowest BCUT2D eigenvalue weighted by Gasteiger charge is -2.13. The number of thioether (sulfide) groups is 1. The van der Waals surface area contributed by atoms with Crippen LogP contribution < -0.4 is 10.9 Å². The molecule has 0 bridgehead atoms. The molecule has 0 aliphatic heterocycles. The normalized spacial score (nSPS) is 10.8. The van der Waals surface area contributed by atoms with Crippen molar-refractivity contribution in [2.45, 2.75) is 11.7 Å². The second-order valence-corrected chi connectivity index (χ2v) is 8.66. The molecule has 4 aromatic rings. The zero-order chi connectivity index (χ0) is 24.1. The van der Waals surface area contributed by atoms with Gasteiger partial charge in [-0.3, -0.25) is 14.2 Å². The Morgan fingerprint density at radius 1 is 1.06 bits per heavy atom. The molecule has 1 heterocycles. The van der Waals surface area contributed by atoms with Gasteiger partial charge in [0.05, 0.1) is 35.0 Å². The highest BCUT2D eigenvalue weighted by molar-refractivity contribution is 7.99. The number of halogens is 1. The van der Waals surface area contributed by atoms with Crippen molar-refractivity contribution in [1.82, 2.24) is 14.9 Å². The van der Waals surface area contributed by atoms with Crippen molar-refractivity contribution in [2.24, 2.45) is 0 Å². The average Bonchev–Trinajstić information content (AvgIpc) is 2.86. The highest BCUT2D eigenvalue weighted by atomic mass is 35.5. The number of rotatable bonds is 7. The van der Waals surface area contributed by atoms with Gasteiger partial charge in [-0.2, -0.15) is 0 Å². The van der Waals surface area contributed by atoms with E-state index in [1.54, 1.807) is 66.7 Å². The minimum absolute atomic E-state index is 0.0611. The van der Waals surface area contributed by atoms with E-state index in [9.17, 15) is 14.4 Å². The van der Waals surface area contributed by atoms with E-state index in [2.05, 4.69) is 15.0 Å². The van der Waals surface area contributed by atoms with Crippen LogP contribution in [-0.2, 0) is 16.1 Å². The van der Waals surface area contributed by atoms with Gasteiger partial charge in [0.15, 0.2) is 5.16 Å². The number of methoxy groups -OCH3 is 1. The molecule has 9 heteroatoms. The number of esters is 1. The zero-order valence-corrected chi connectivity index (χ0v) is 19.7. The summed E-state index contributed by atoms with van der Waals surface area (Å²) in [6, 6.07) is 20.8. The minimum Gasteiger partial charge on any atom is -0.465 e. The number of nitrogens with zero attached hydrogens (tertiary/aromatic N) is 2. The number of nitrogens with one attached hydrogen (secondary N) is 1. The molecule has 1 aromatic heterocycles. The molecule has 1 N–H and O–H groups in total. The van der Waals surface area contributed by atoms with Crippen LogP contribution in [0.3, 0.4) is 0 Å². The third-order valence-electron chi connectivity index (χ3n) is 5.01. The summed E-state index contributed by atoms with van der Waals surface area (Å²) in [7, 11) is 1.32. The highest BCUT2D eigenvalue weighted by Crippen LogP contribution is 2.23. The van der Waals surface area contributed by atoms with Crippen molar-refractivity contribution in [3.63, 3.8) is 0 Å². The Bertz CT molecular complexity index is 1420. The third kappa shape index (κ3) is 5.30. The van der Waals surface area contributed by atoms with Crippen LogP contribution in [0.15, 0.2) is 82.7 Å². The summed E-state index contributed by atoms with van der Waals surface area (Å²) >= 11 is 7.31. The van der Waals surface area contributed by atoms with Crippen LogP contribution in [-0.4, -0.2) is 34.3 Å². The molecule has 0 unspecified atom stereocenters. The predicted molar refractivity (Wildman–Crippen MR) is 133 cm³/mol. The van der Waals surface area contributed by atoms with E-state index in [0.29, 0.717) is 38.9 Å². The summed E-state index contributed by atoms with van der Waals surface area (Å²) in [6.45, 7) is 0.299. The Morgan fingerprint density at radius 2 is 1.82 bits per heavy atom. The fourth-order valence-electron chi connectivity index (χ4n) is 3.31. The van der Waals surface area contributed by atoms with E-state index >= 15 is 0 Å². The van der Waals surface area contributed by atoms with Crippen molar-refractivity contribution >= 4 is 46.1 Å². The molecule has 0 atom stereocenters. The summed E-state index contributed by atoms with van der Waals surface area (Å²) < 4.78 is 6.15. The Morgan fingerprint density at radius 3 is 2.56 bits per heavy atom. The van der Waals surface area contributed by atoms with E-state index in [1.165, 1.54) is 11.7 Å². The molecular formula is C25H20ClN3O4S. The molecule has 0 aliphatic rings. The number of benzene rings is 3. The van der Waals surface area contributed by atoms with Gasteiger partial charge in [-0.15, -0.1) is 0 Å². The number of carbonyl (C=O) groups is 2. The Kier molecular flexibility index (Phi) is 7.30. The summed E-state index contributed by atoms with van der Waals surface area (Å²) in [6.07, 6.45) is 0. The first kappa shape index (κ1) is 23.5. The summed E-state index contributed by atoms with van der Waals surface area (Å²) in [4.78, 5) is 41.9. The molecule has 0 fully saturated rings. The summed E-state index contributed by atoms with van der Waals surface area (Å²) in [5, 5.41) is 4.20. The Balaban J connectivity index is 1.51. The summed E-state index contributed by atoms with van der Waals surface area (Å²) in [5.74, 6) is -0.575. The van der Waals surface area contributed by atoms with Gasteiger partial charge in [0.2, 0.25) is 5.91 Å². The first-order chi connectivity index (χ1) is 16.5. The van der Waals surface area contributed by atoms with Gasteiger partial charge in [-0.1, -0.05) is 53.7 Å². The molecule has 172 valence electrons. The second kappa shape index (κ2) is 10.5. The first-order valence-corrected chi connectivity index (χ1v) is 11.7. The Hall–Kier alpha value is -3.62. The predicted octanol–water partition coefficient (Wildman–Crippen LogP) is 4.23. The SMILES string of the molecule is COC(=O)c1ccc(CNC(=O)CSc2nc3ccccc3c(=O)n2-c2cccc(Cl)c2)cc1. The molecule has 7 nitrogen and oxygen atoms in total. The van der Waals surface area contributed by atoms with Crippen molar-refractivity contribution in [2.75, 3.05) is 12.9 Å². The van der Waals surface area contributed by atoms with Crippen LogP contribution in [0, 0.1) is 0 Å². The summed E-state index contributed by atoms with van der Waals surface area (Å²) in [5.41, 5.74) is 2.17. The van der Waals surface area contributed by atoms with Gasteiger partial charge in [-0.25, -0.2) is 9.78 Å².